The lowest BCUT2D eigenvalue weighted by molar-refractivity contribution is 0.448. The fourth-order valence-electron chi connectivity index (χ4n) is 5.60. The zero-order chi connectivity index (χ0) is 33.9. The van der Waals surface area contributed by atoms with Gasteiger partial charge < -0.3 is 18.9 Å². The molecule has 0 atom stereocenters. The molecule has 50 heavy (non-hydrogen) atoms. The topological polar surface area (TPSA) is 93.4 Å². The Hall–Kier alpha value is -6.74. The first-order valence-corrected chi connectivity index (χ1v) is 16.2. The number of nitrogens with zero attached hydrogens (tertiary/aromatic N) is 5. The molecule has 0 unspecified atom stereocenters. The zero-order valence-electron chi connectivity index (χ0n) is 27.3. The number of ether oxygens (including phenoxy) is 4. The quantitative estimate of drug-likeness (QED) is 0.143. The van der Waals surface area contributed by atoms with Gasteiger partial charge >= 0.3 is 0 Å². The van der Waals surface area contributed by atoms with Crippen molar-refractivity contribution < 1.29 is 18.9 Å². The number of fused-ring (bicyclic) bond motifs is 3. The number of aromatic nitrogens is 5. The van der Waals surface area contributed by atoms with Gasteiger partial charge in [-0.15, -0.1) is 0 Å². The van der Waals surface area contributed by atoms with Crippen LogP contribution in [0, 0.1) is 0 Å². The van der Waals surface area contributed by atoms with Crippen LogP contribution in [0.5, 0.6) is 46.3 Å². The van der Waals surface area contributed by atoms with Crippen LogP contribution < -0.4 is 18.9 Å². The second kappa shape index (κ2) is 13.4. The average molecular weight is 658 g/mol. The van der Waals surface area contributed by atoms with Gasteiger partial charge in [0, 0.05) is 72.0 Å². The van der Waals surface area contributed by atoms with Gasteiger partial charge in [0.15, 0.2) is 0 Å². The molecule has 9 heteroatoms. The van der Waals surface area contributed by atoms with Crippen molar-refractivity contribution in [3.8, 4) is 52.2 Å². The van der Waals surface area contributed by atoms with Crippen molar-refractivity contribution >= 4 is 21.8 Å². The summed E-state index contributed by atoms with van der Waals surface area (Å²) in [6.45, 7) is 4.25. The monoisotopic (exact) mass is 657 g/mol. The predicted molar refractivity (Wildman–Crippen MR) is 192 cm³/mol. The molecule has 4 aromatic carbocycles. The number of rotatable bonds is 10. The third-order valence-electron chi connectivity index (χ3n) is 8.04. The largest absolute Gasteiger partial charge is 0.457 e. The van der Waals surface area contributed by atoms with Crippen LogP contribution in [0.2, 0.25) is 0 Å². The van der Waals surface area contributed by atoms with Crippen molar-refractivity contribution in [2.75, 3.05) is 0 Å². The van der Waals surface area contributed by atoms with E-state index in [1.54, 1.807) is 12.4 Å². The smallest absolute Gasteiger partial charge is 0.234 e. The van der Waals surface area contributed by atoms with Crippen molar-refractivity contribution in [2.45, 2.75) is 19.8 Å². The Morgan fingerprint density at radius 1 is 0.460 bits per heavy atom. The van der Waals surface area contributed by atoms with Crippen LogP contribution in [0.15, 0.2) is 146 Å². The fourth-order valence-corrected chi connectivity index (χ4v) is 5.60. The molecule has 0 bridgehead atoms. The highest BCUT2D eigenvalue weighted by Gasteiger charge is 2.17. The highest BCUT2D eigenvalue weighted by Crippen LogP contribution is 2.38. The molecule has 0 aliphatic heterocycles. The van der Waals surface area contributed by atoms with Crippen molar-refractivity contribution in [2.24, 2.45) is 0 Å². The molecular formula is C41H31N5O4. The van der Waals surface area contributed by atoms with E-state index in [9.17, 15) is 0 Å². The third kappa shape index (κ3) is 6.52. The van der Waals surface area contributed by atoms with Gasteiger partial charge in [0.05, 0.1) is 11.0 Å². The molecule has 0 saturated heterocycles. The van der Waals surface area contributed by atoms with Gasteiger partial charge in [0.1, 0.15) is 34.5 Å². The zero-order valence-corrected chi connectivity index (χ0v) is 27.3. The van der Waals surface area contributed by atoms with Crippen molar-refractivity contribution in [3.05, 3.63) is 152 Å². The Morgan fingerprint density at radius 3 is 1.36 bits per heavy atom. The molecule has 4 heterocycles. The number of hydrogen-bond donors (Lipinski definition) is 0. The Morgan fingerprint density at radius 2 is 0.920 bits per heavy atom. The summed E-state index contributed by atoms with van der Waals surface area (Å²) in [4.78, 5) is 18.1. The summed E-state index contributed by atoms with van der Waals surface area (Å²) >= 11 is 0. The van der Waals surface area contributed by atoms with Crippen molar-refractivity contribution in [3.63, 3.8) is 0 Å². The van der Waals surface area contributed by atoms with E-state index in [0.29, 0.717) is 58.1 Å². The van der Waals surface area contributed by atoms with E-state index in [4.69, 9.17) is 28.9 Å². The number of benzene rings is 4. The average Bonchev–Trinajstić information content (AvgIpc) is 3.45. The van der Waals surface area contributed by atoms with Crippen molar-refractivity contribution in [1.82, 2.24) is 24.5 Å². The van der Waals surface area contributed by atoms with E-state index in [1.807, 2.05) is 126 Å². The Bertz CT molecular complexity index is 2270. The minimum Gasteiger partial charge on any atom is -0.457 e. The molecule has 0 saturated carbocycles. The molecule has 244 valence electrons. The lowest BCUT2D eigenvalue weighted by Crippen LogP contribution is -2.02. The minimum atomic E-state index is 0.303. The molecular weight excluding hydrogens is 626 g/mol. The van der Waals surface area contributed by atoms with Gasteiger partial charge in [-0.05, 0) is 72.1 Å². The van der Waals surface area contributed by atoms with Crippen LogP contribution in [0.1, 0.15) is 25.3 Å². The standard InChI is InChI=1S/C41H31N5O4/c1-27(2)28-25-44-41(45-26-28)46-37-23-33(47-29-9-7-11-31(21-29)49-39-13-3-5-19-42-39)15-17-35(37)36-18-16-34(24-38(36)46)48-30-10-8-12-32(22-30)50-40-14-4-6-20-43-40/h3-27H,1-2H3. The van der Waals surface area contributed by atoms with Gasteiger partial charge in [-0.2, -0.15) is 0 Å². The van der Waals surface area contributed by atoms with Gasteiger partial charge in [-0.25, -0.2) is 19.9 Å². The van der Waals surface area contributed by atoms with Gasteiger partial charge in [0.2, 0.25) is 17.7 Å². The SMILES string of the molecule is CC(C)c1cnc(-n2c3cc(Oc4cccc(Oc5ccccn5)c4)ccc3c3ccc(Oc4cccc(Oc5ccccn5)c4)cc32)nc1. The predicted octanol–water partition coefficient (Wildman–Crippen LogP) is 10.7. The second-order valence-corrected chi connectivity index (χ2v) is 11.9. The van der Waals surface area contributed by atoms with Gasteiger partial charge in [0.25, 0.3) is 0 Å². The van der Waals surface area contributed by atoms with Crippen LogP contribution in [0.3, 0.4) is 0 Å². The molecule has 0 spiro atoms. The lowest BCUT2D eigenvalue weighted by atomic mass is 10.1. The summed E-state index contributed by atoms with van der Waals surface area (Å²) in [7, 11) is 0. The molecule has 0 fully saturated rings. The van der Waals surface area contributed by atoms with E-state index in [0.717, 1.165) is 27.4 Å². The molecule has 0 N–H and O–H groups in total. The molecule has 9 nitrogen and oxygen atoms in total. The van der Waals surface area contributed by atoms with Crippen LogP contribution in [-0.4, -0.2) is 24.5 Å². The van der Waals surface area contributed by atoms with Crippen LogP contribution in [0.4, 0.5) is 0 Å². The first-order valence-electron chi connectivity index (χ1n) is 16.2. The normalized spacial score (nSPS) is 11.2. The van der Waals surface area contributed by atoms with Gasteiger partial charge in [-0.3, -0.25) is 4.57 Å². The maximum absolute atomic E-state index is 6.36. The van der Waals surface area contributed by atoms with E-state index >= 15 is 0 Å². The van der Waals surface area contributed by atoms with Crippen molar-refractivity contribution in [1.29, 1.82) is 0 Å². The molecule has 4 aromatic heterocycles. The summed E-state index contributed by atoms with van der Waals surface area (Å²) < 4.78 is 26.6. The molecule has 0 aliphatic carbocycles. The first kappa shape index (κ1) is 30.6. The highest BCUT2D eigenvalue weighted by molar-refractivity contribution is 6.09. The fraction of sp³-hybridized carbons (Fsp3) is 0.0732. The Balaban J connectivity index is 1.15. The summed E-state index contributed by atoms with van der Waals surface area (Å²) in [5.74, 6) is 5.66. The second-order valence-electron chi connectivity index (χ2n) is 11.9. The Kier molecular flexibility index (Phi) is 8.20. The highest BCUT2D eigenvalue weighted by atomic mass is 16.5. The maximum Gasteiger partial charge on any atom is 0.234 e. The van der Waals surface area contributed by atoms with E-state index in [2.05, 4.69) is 35.9 Å². The van der Waals surface area contributed by atoms with Gasteiger partial charge in [-0.1, -0.05) is 38.1 Å². The number of pyridine rings is 2. The molecule has 8 aromatic rings. The molecule has 0 aliphatic rings. The molecule has 0 radical (unpaired) electrons. The number of hydrogen-bond acceptors (Lipinski definition) is 8. The van der Waals surface area contributed by atoms with E-state index in [-0.39, 0.29) is 0 Å². The van der Waals surface area contributed by atoms with Crippen LogP contribution in [0.25, 0.3) is 27.8 Å². The minimum absolute atomic E-state index is 0.303. The third-order valence-corrected chi connectivity index (χ3v) is 8.04. The van der Waals surface area contributed by atoms with Crippen LogP contribution in [-0.2, 0) is 0 Å². The summed E-state index contributed by atoms with van der Waals surface area (Å²) in [5.41, 5.74) is 2.83. The molecule has 0 amide bonds. The van der Waals surface area contributed by atoms with E-state index < -0.39 is 0 Å². The Labute approximate surface area is 288 Å². The molecule has 8 rings (SSSR count). The summed E-state index contributed by atoms with van der Waals surface area (Å²) in [6.07, 6.45) is 7.14. The summed E-state index contributed by atoms with van der Waals surface area (Å²) in [6, 6.07) is 38.0. The lowest BCUT2D eigenvalue weighted by Gasteiger charge is -2.11. The maximum atomic E-state index is 6.36. The first-order chi connectivity index (χ1) is 24.6. The summed E-state index contributed by atoms with van der Waals surface area (Å²) in [5, 5.41) is 2.04. The van der Waals surface area contributed by atoms with E-state index in [1.165, 1.54) is 0 Å². The van der Waals surface area contributed by atoms with Crippen LogP contribution >= 0.6 is 0 Å².